The van der Waals surface area contributed by atoms with Crippen molar-refractivity contribution in [1.29, 1.82) is 0 Å². The van der Waals surface area contributed by atoms with Gasteiger partial charge in [0.05, 0.1) is 6.10 Å². The maximum Gasteiger partial charge on any atom is 0.0590 e. The third-order valence-electron chi connectivity index (χ3n) is 3.75. The third kappa shape index (κ3) is 7.38. The van der Waals surface area contributed by atoms with Crippen LogP contribution in [0.1, 0.15) is 72.6 Å². The van der Waals surface area contributed by atoms with Crippen LogP contribution >= 0.6 is 0 Å². The fourth-order valence-corrected chi connectivity index (χ4v) is 2.57. The Balaban J connectivity index is 2.33. The molecule has 0 bridgehead atoms. The Labute approximate surface area is 114 Å². The molecule has 0 aromatic rings. The fraction of sp³-hybridized carbons (Fsp3) is 1.00. The van der Waals surface area contributed by atoms with Gasteiger partial charge in [-0.1, -0.05) is 27.7 Å². The molecular weight excluding hydrogens is 222 g/mol. The average molecular weight is 255 g/mol. The lowest BCUT2D eigenvalue weighted by Crippen LogP contribution is -2.36. The summed E-state index contributed by atoms with van der Waals surface area (Å²) in [5.41, 5.74) is 0.444. The molecule has 108 valence electrons. The summed E-state index contributed by atoms with van der Waals surface area (Å²) in [7, 11) is 0. The summed E-state index contributed by atoms with van der Waals surface area (Å²) in [5.74, 6) is 0. The van der Waals surface area contributed by atoms with Gasteiger partial charge in [0.2, 0.25) is 0 Å². The first kappa shape index (κ1) is 16.0. The van der Waals surface area contributed by atoms with Crippen molar-refractivity contribution in [3.63, 3.8) is 0 Å². The molecule has 0 aromatic heterocycles. The SMILES string of the molecule is CCCNC(CCC(C)(C)C)CC1CCCCO1. The zero-order chi connectivity index (χ0) is 13.4. The quantitative estimate of drug-likeness (QED) is 0.738. The normalized spacial score (nSPS) is 23.0. The largest absolute Gasteiger partial charge is 0.378 e. The number of nitrogens with one attached hydrogen (secondary N) is 1. The highest BCUT2D eigenvalue weighted by atomic mass is 16.5. The van der Waals surface area contributed by atoms with Crippen molar-refractivity contribution < 1.29 is 4.74 Å². The monoisotopic (exact) mass is 255 g/mol. The Morgan fingerprint density at radius 2 is 2.06 bits per heavy atom. The maximum atomic E-state index is 5.88. The van der Waals surface area contributed by atoms with Crippen molar-refractivity contribution in [1.82, 2.24) is 5.32 Å². The van der Waals surface area contributed by atoms with Crippen LogP contribution in [0.15, 0.2) is 0 Å². The first-order valence-corrected chi connectivity index (χ1v) is 7.86. The van der Waals surface area contributed by atoms with Crippen molar-refractivity contribution in [2.75, 3.05) is 13.2 Å². The molecule has 2 heteroatoms. The highest BCUT2D eigenvalue weighted by Crippen LogP contribution is 2.24. The highest BCUT2D eigenvalue weighted by molar-refractivity contribution is 4.76. The summed E-state index contributed by atoms with van der Waals surface area (Å²) in [6, 6.07) is 0.646. The molecule has 0 spiro atoms. The van der Waals surface area contributed by atoms with Gasteiger partial charge in [-0.2, -0.15) is 0 Å². The molecule has 1 aliphatic rings. The fourth-order valence-electron chi connectivity index (χ4n) is 2.57. The molecule has 0 saturated carbocycles. The Morgan fingerprint density at radius 1 is 1.28 bits per heavy atom. The van der Waals surface area contributed by atoms with Gasteiger partial charge in [-0.3, -0.25) is 0 Å². The van der Waals surface area contributed by atoms with Crippen LogP contribution < -0.4 is 5.32 Å². The van der Waals surface area contributed by atoms with Gasteiger partial charge in [0.25, 0.3) is 0 Å². The van der Waals surface area contributed by atoms with E-state index in [2.05, 4.69) is 33.0 Å². The van der Waals surface area contributed by atoms with Gasteiger partial charge in [-0.15, -0.1) is 0 Å². The van der Waals surface area contributed by atoms with E-state index in [4.69, 9.17) is 4.74 Å². The van der Waals surface area contributed by atoms with Crippen LogP contribution in [0.4, 0.5) is 0 Å². The van der Waals surface area contributed by atoms with Gasteiger partial charge in [0, 0.05) is 12.6 Å². The van der Waals surface area contributed by atoms with Gasteiger partial charge < -0.3 is 10.1 Å². The van der Waals surface area contributed by atoms with Crippen LogP contribution in [0.2, 0.25) is 0 Å². The molecule has 1 rings (SSSR count). The van der Waals surface area contributed by atoms with Crippen LogP contribution in [-0.2, 0) is 4.74 Å². The zero-order valence-corrected chi connectivity index (χ0v) is 12.9. The van der Waals surface area contributed by atoms with Gasteiger partial charge in [0.15, 0.2) is 0 Å². The number of hydrogen-bond acceptors (Lipinski definition) is 2. The maximum absolute atomic E-state index is 5.88. The van der Waals surface area contributed by atoms with E-state index in [-0.39, 0.29) is 0 Å². The Bertz CT molecular complexity index is 204. The summed E-state index contributed by atoms with van der Waals surface area (Å²) in [6.07, 6.45) is 9.38. The van der Waals surface area contributed by atoms with E-state index >= 15 is 0 Å². The topological polar surface area (TPSA) is 21.3 Å². The molecule has 1 fully saturated rings. The second-order valence-corrected chi connectivity index (χ2v) is 6.97. The summed E-state index contributed by atoms with van der Waals surface area (Å²) < 4.78 is 5.88. The molecule has 1 heterocycles. The van der Waals surface area contributed by atoms with Crippen molar-refractivity contribution in [2.24, 2.45) is 5.41 Å². The molecular formula is C16H33NO. The van der Waals surface area contributed by atoms with Gasteiger partial charge >= 0.3 is 0 Å². The van der Waals surface area contributed by atoms with E-state index in [1.807, 2.05) is 0 Å². The minimum atomic E-state index is 0.444. The van der Waals surface area contributed by atoms with Crippen LogP contribution in [0.25, 0.3) is 0 Å². The Kier molecular flexibility index (Phi) is 7.25. The second-order valence-electron chi connectivity index (χ2n) is 6.97. The van der Waals surface area contributed by atoms with E-state index in [1.165, 1.54) is 44.9 Å². The summed E-state index contributed by atoms with van der Waals surface area (Å²) >= 11 is 0. The number of rotatable bonds is 7. The predicted molar refractivity (Wildman–Crippen MR) is 79.0 cm³/mol. The van der Waals surface area contributed by atoms with Crippen LogP contribution in [0, 0.1) is 5.41 Å². The lowest BCUT2D eigenvalue weighted by Gasteiger charge is -2.29. The molecule has 1 saturated heterocycles. The van der Waals surface area contributed by atoms with Crippen molar-refractivity contribution in [2.45, 2.75) is 84.8 Å². The molecule has 0 aromatic carbocycles. The van der Waals surface area contributed by atoms with Crippen LogP contribution in [0.3, 0.4) is 0 Å². The van der Waals surface area contributed by atoms with E-state index in [0.29, 0.717) is 17.6 Å². The minimum Gasteiger partial charge on any atom is -0.378 e. The van der Waals surface area contributed by atoms with Gasteiger partial charge in [-0.05, 0) is 56.9 Å². The number of ether oxygens (including phenoxy) is 1. The molecule has 18 heavy (non-hydrogen) atoms. The highest BCUT2D eigenvalue weighted by Gasteiger charge is 2.21. The van der Waals surface area contributed by atoms with E-state index < -0.39 is 0 Å². The minimum absolute atomic E-state index is 0.444. The second kappa shape index (κ2) is 8.16. The molecule has 0 aliphatic carbocycles. The smallest absolute Gasteiger partial charge is 0.0590 e. The summed E-state index contributed by atoms with van der Waals surface area (Å²) in [5, 5.41) is 3.71. The van der Waals surface area contributed by atoms with Crippen LogP contribution in [0.5, 0.6) is 0 Å². The van der Waals surface area contributed by atoms with Crippen LogP contribution in [-0.4, -0.2) is 25.3 Å². The molecule has 2 atom stereocenters. The number of hydrogen-bond donors (Lipinski definition) is 1. The van der Waals surface area contributed by atoms with Gasteiger partial charge in [0.1, 0.15) is 0 Å². The Hall–Kier alpha value is -0.0800. The Morgan fingerprint density at radius 3 is 2.61 bits per heavy atom. The third-order valence-corrected chi connectivity index (χ3v) is 3.75. The van der Waals surface area contributed by atoms with Gasteiger partial charge in [-0.25, -0.2) is 0 Å². The summed E-state index contributed by atoms with van der Waals surface area (Å²) in [4.78, 5) is 0. The molecule has 0 amide bonds. The molecule has 1 aliphatic heterocycles. The lowest BCUT2D eigenvalue weighted by molar-refractivity contribution is 0.00409. The molecule has 1 N–H and O–H groups in total. The molecule has 0 radical (unpaired) electrons. The molecule has 2 unspecified atom stereocenters. The standard InChI is InChI=1S/C16H33NO/c1-5-11-17-14(9-10-16(2,3)4)13-15-8-6-7-12-18-15/h14-15,17H,5-13H2,1-4H3. The average Bonchev–Trinajstić information content (AvgIpc) is 2.33. The molecule has 2 nitrogen and oxygen atoms in total. The first-order valence-electron chi connectivity index (χ1n) is 7.86. The van der Waals surface area contributed by atoms with E-state index in [9.17, 15) is 0 Å². The van der Waals surface area contributed by atoms with E-state index in [1.54, 1.807) is 0 Å². The van der Waals surface area contributed by atoms with E-state index in [0.717, 1.165) is 13.2 Å². The first-order chi connectivity index (χ1) is 8.51. The van der Waals surface area contributed by atoms with Crippen molar-refractivity contribution in [3.8, 4) is 0 Å². The van der Waals surface area contributed by atoms with Crippen molar-refractivity contribution in [3.05, 3.63) is 0 Å². The zero-order valence-electron chi connectivity index (χ0n) is 12.9. The lowest BCUT2D eigenvalue weighted by atomic mass is 9.87. The summed E-state index contributed by atoms with van der Waals surface area (Å²) in [6.45, 7) is 11.4. The van der Waals surface area contributed by atoms with Crippen molar-refractivity contribution >= 4 is 0 Å². The predicted octanol–water partition coefficient (Wildman–Crippen LogP) is 4.14.